The van der Waals surface area contributed by atoms with Crippen LogP contribution in [0.1, 0.15) is 32.0 Å². The van der Waals surface area contributed by atoms with Crippen molar-refractivity contribution < 1.29 is 13.5 Å². The maximum absolute atomic E-state index is 12.5. The summed E-state index contributed by atoms with van der Waals surface area (Å²) in [6.45, 7) is 5.78. The monoisotopic (exact) mass is 301 g/mol. The van der Waals surface area contributed by atoms with Crippen molar-refractivity contribution in [1.29, 1.82) is 0 Å². The summed E-state index contributed by atoms with van der Waals surface area (Å²) in [5.74, 6) is 0.991. The lowest BCUT2D eigenvalue weighted by Crippen LogP contribution is -2.29. The van der Waals surface area contributed by atoms with Crippen molar-refractivity contribution in [3.8, 4) is 0 Å². The third-order valence-corrected chi connectivity index (χ3v) is 5.55. The van der Waals surface area contributed by atoms with Crippen molar-refractivity contribution >= 4 is 10.0 Å². The molecule has 114 valence electrons. The molecule has 1 aromatic heterocycles. The first-order valence-electron chi connectivity index (χ1n) is 7.13. The van der Waals surface area contributed by atoms with Gasteiger partial charge in [0.2, 0.25) is 0 Å². The van der Waals surface area contributed by atoms with Crippen LogP contribution in [-0.4, -0.2) is 47.1 Å². The Morgan fingerprint density at radius 3 is 2.90 bits per heavy atom. The van der Waals surface area contributed by atoms with Crippen molar-refractivity contribution in [2.24, 2.45) is 5.92 Å². The molecule has 0 aromatic carbocycles. The largest absolute Gasteiger partial charge is 0.396 e. The number of rotatable bonds is 6. The summed E-state index contributed by atoms with van der Waals surface area (Å²) in [6.07, 6.45) is 4.05. The van der Waals surface area contributed by atoms with Crippen LogP contribution in [-0.2, 0) is 16.6 Å². The zero-order valence-corrected chi connectivity index (χ0v) is 12.9. The summed E-state index contributed by atoms with van der Waals surface area (Å²) in [7, 11) is -3.49. The second kappa shape index (κ2) is 6.24. The summed E-state index contributed by atoms with van der Waals surface area (Å²) in [5.41, 5.74) is 0. The van der Waals surface area contributed by atoms with Crippen LogP contribution in [0.2, 0.25) is 0 Å². The van der Waals surface area contributed by atoms with E-state index in [-0.39, 0.29) is 17.6 Å². The fourth-order valence-electron chi connectivity index (χ4n) is 2.64. The van der Waals surface area contributed by atoms with Crippen molar-refractivity contribution in [3.63, 3.8) is 0 Å². The highest BCUT2D eigenvalue weighted by atomic mass is 32.2. The zero-order chi connectivity index (χ0) is 14.8. The number of hydrogen-bond acceptors (Lipinski definition) is 4. The van der Waals surface area contributed by atoms with Crippen LogP contribution < -0.4 is 0 Å². The standard InChI is InChI=1S/C13H23N3O3S/c1-3-6-15-10-13(14-11(15)2)20(18,19)16-7-4-12(9-16)5-8-17/h10,12,17H,3-9H2,1-2H3. The van der Waals surface area contributed by atoms with Gasteiger partial charge >= 0.3 is 0 Å². The summed E-state index contributed by atoms with van der Waals surface area (Å²) in [6, 6.07) is 0. The van der Waals surface area contributed by atoms with Gasteiger partial charge in [0, 0.05) is 32.4 Å². The van der Waals surface area contributed by atoms with E-state index in [0.717, 1.165) is 25.2 Å². The highest BCUT2D eigenvalue weighted by molar-refractivity contribution is 7.89. The number of aryl methyl sites for hydroxylation is 2. The Hall–Kier alpha value is -0.920. The minimum atomic E-state index is -3.49. The van der Waals surface area contributed by atoms with Gasteiger partial charge in [0.25, 0.3) is 10.0 Å². The van der Waals surface area contributed by atoms with Gasteiger partial charge < -0.3 is 9.67 Å². The molecule has 1 aliphatic heterocycles. The molecule has 0 spiro atoms. The quantitative estimate of drug-likeness (QED) is 0.850. The van der Waals surface area contributed by atoms with Crippen molar-refractivity contribution in [3.05, 3.63) is 12.0 Å². The van der Waals surface area contributed by atoms with Gasteiger partial charge in [0.15, 0.2) is 5.03 Å². The smallest absolute Gasteiger partial charge is 0.262 e. The fraction of sp³-hybridized carbons (Fsp3) is 0.769. The Morgan fingerprint density at radius 2 is 2.25 bits per heavy atom. The number of sulfonamides is 1. The third-order valence-electron chi connectivity index (χ3n) is 3.81. The highest BCUT2D eigenvalue weighted by Gasteiger charge is 2.33. The molecule has 1 aromatic rings. The Kier molecular flexibility index (Phi) is 4.82. The molecular formula is C13H23N3O3S. The van der Waals surface area contributed by atoms with Crippen LogP contribution in [0, 0.1) is 12.8 Å². The van der Waals surface area contributed by atoms with E-state index in [1.54, 1.807) is 6.20 Å². The Labute approximate surface area is 120 Å². The number of hydrogen-bond donors (Lipinski definition) is 1. The van der Waals surface area contributed by atoms with Gasteiger partial charge in [-0.2, -0.15) is 4.31 Å². The Bertz CT molecular complexity index is 553. The average molecular weight is 301 g/mol. The van der Waals surface area contributed by atoms with E-state index in [2.05, 4.69) is 4.98 Å². The average Bonchev–Trinajstić information content (AvgIpc) is 2.99. The van der Waals surface area contributed by atoms with Crippen LogP contribution in [0.4, 0.5) is 0 Å². The van der Waals surface area contributed by atoms with E-state index in [4.69, 9.17) is 5.11 Å². The summed E-state index contributed by atoms with van der Waals surface area (Å²) in [5, 5.41) is 9.09. The molecule has 7 heteroatoms. The molecule has 1 fully saturated rings. The molecule has 1 aliphatic rings. The van der Waals surface area contributed by atoms with E-state index in [1.807, 2.05) is 18.4 Å². The first kappa shape index (κ1) is 15.5. The molecule has 1 N–H and O–H groups in total. The molecule has 0 bridgehead atoms. The SMILES string of the molecule is CCCn1cc(S(=O)(=O)N2CCC(CCO)C2)nc1C. The third kappa shape index (κ3) is 3.05. The van der Waals surface area contributed by atoms with Gasteiger partial charge in [0.05, 0.1) is 0 Å². The molecule has 0 saturated carbocycles. The summed E-state index contributed by atoms with van der Waals surface area (Å²) < 4.78 is 28.5. The minimum absolute atomic E-state index is 0.114. The molecule has 0 amide bonds. The fourth-order valence-corrected chi connectivity index (χ4v) is 4.16. The van der Waals surface area contributed by atoms with Crippen molar-refractivity contribution in [1.82, 2.24) is 13.9 Å². The molecule has 2 rings (SSSR count). The van der Waals surface area contributed by atoms with Crippen molar-refractivity contribution in [2.45, 2.75) is 44.7 Å². The number of aliphatic hydroxyl groups excluding tert-OH is 1. The highest BCUT2D eigenvalue weighted by Crippen LogP contribution is 2.25. The van der Waals surface area contributed by atoms with Gasteiger partial charge in [0.1, 0.15) is 5.82 Å². The van der Waals surface area contributed by atoms with Gasteiger partial charge in [-0.05, 0) is 32.1 Å². The predicted molar refractivity (Wildman–Crippen MR) is 75.8 cm³/mol. The van der Waals surface area contributed by atoms with Crippen LogP contribution in [0.5, 0.6) is 0 Å². The van der Waals surface area contributed by atoms with Gasteiger partial charge in [-0.15, -0.1) is 0 Å². The molecule has 1 unspecified atom stereocenters. The number of nitrogens with zero attached hydrogens (tertiary/aromatic N) is 3. The van der Waals surface area contributed by atoms with Crippen molar-refractivity contribution in [2.75, 3.05) is 19.7 Å². The molecule has 0 radical (unpaired) electrons. The first-order chi connectivity index (χ1) is 9.48. The lowest BCUT2D eigenvalue weighted by atomic mass is 10.1. The van der Waals surface area contributed by atoms with E-state index in [9.17, 15) is 8.42 Å². The van der Waals surface area contributed by atoms with Crippen LogP contribution in [0.15, 0.2) is 11.2 Å². The second-order valence-electron chi connectivity index (χ2n) is 5.35. The van der Waals surface area contributed by atoms with Crippen LogP contribution in [0.3, 0.4) is 0 Å². The molecule has 20 heavy (non-hydrogen) atoms. The molecule has 2 heterocycles. The molecule has 1 atom stereocenters. The van der Waals surface area contributed by atoms with Gasteiger partial charge in [-0.3, -0.25) is 0 Å². The summed E-state index contributed by atoms with van der Waals surface area (Å²) >= 11 is 0. The first-order valence-corrected chi connectivity index (χ1v) is 8.57. The zero-order valence-electron chi connectivity index (χ0n) is 12.1. The number of imidazole rings is 1. The van der Waals surface area contributed by atoms with E-state index in [1.165, 1.54) is 4.31 Å². The second-order valence-corrected chi connectivity index (χ2v) is 7.23. The number of aliphatic hydroxyl groups is 1. The van der Waals surface area contributed by atoms with E-state index >= 15 is 0 Å². The molecule has 6 nitrogen and oxygen atoms in total. The predicted octanol–water partition coefficient (Wildman–Crippen LogP) is 0.995. The van der Waals surface area contributed by atoms with E-state index < -0.39 is 10.0 Å². The normalized spacial score (nSPS) is 20.6. The summed E-state index contributed by atoms with van der Waals surface area (Å²) in [4.78, 5) is 4.20. The van der Waals surface area contributed by atoms with Gasteiger partial charge in [-0.1, -0.05) is 6.92 Å². The minimum Gasteiger partial charge on any atom is -0.396 e. The topological polar surface area (TPSA) is 75.4 Å². The lowest BCUT2D eigenvalue weighted by Gasteiger charge is -2.14. The lowest BCUT2D eigenvalue weighted by molar-refractivity contribution is 0.259. The van der Waals surface area contributed by atoms with Crippen LogP contribution >= 0.6 is 0 Å². The van der Waals surface area contributed by atoms with E-state index in [0.29, 0.717) is 19.5 Å². The number of aromatic nitrogens is 2. The molecule has 0 aliphatic carbocycles. The van der Waals surface area contributed by atoms with Gasteiger partial charge in [-0.25, -0.2) is 13.4 Å². The maximum atomic E-state index is 12.5. The molecular weight excluding hydrogens is 278 g/mol. The Morgan fingerprint density at radius 1 is 1.50 bits per heavy atom. The Balaban J connectivity index is 2.16. The van der Waals surface area contributed by atoms with Crippen LogP contribution in [0.25, 0.3) is 0 Å². The maximum Gasteiger partial charge on any atom is 0.262 e. The molecule has 1 saturated heterocycles.